The summed E-state index contributed by atoms with van der Waals surface area (Å²) in [4.78, 5) is 33.6. The Balaban J connectivity index is 2.42. The SMILES string of the molecule is COC(=O)C(=Cc1cccc(Oc2ccc(C(F)(F)F)cc2[N+](=O)[O-])c1)C(=O)OC. The topological polar surface area (TPSA) is 105 Å². The Kier molecular flexibility index (Phi) is 6.77. The van der Waals surface area contributed by atoms with E-state index in [4.69, 9.17) is 4.74 Å². The smallest absolute Gasteiger partial charge is 0.416 e. The van der Waals surface area contributed by atoms with Crippen molar-refractivity contribution in [1.82, 2.24) is 0 Å². The second-order valence-electron chi connectivity index (χ2n) is 5.65. The average molecular weight is 425 g/mol. The van der Waals surface area contributed by atoms with Crippen LogP contribution in [0.3, 0.4) is 0 Å². The van der Waals surface area contributed by atoms with E-state index in [-0.39, 0.29) is 11.3 Å². The molecular formula is C19H14F3NO7. The van der Waals surface area contributed by atoms with Gasteiger partial charge < -0.3 is 14.2 Å². The molecule has 0 bridgehead atoms. The van der Waals surface area contributed by atoms with Crippen LogP contribution in [0.4, 0.5) is 18.9 Å². The monoisotopic (exact) mass is 425 g/mol. The van der Waals surface area contributed by atoms with E-state index in [1.165, 1.54) is 24.3 Å². The molecule has 30 heavy (non-hydrogen) atoms. The number of nitrogens with zero attached hydrogens (tertiary/aromatic N) is 1. The number of alkyl halides is 3. The molecule has 158 valence electrons. The predicted octanol–water partition coefficient (Wildman–Crippen LogP) is 4.14. The molecule has 8 nitrogen and oxygen atoms in total. The van der Waals surface area contributed by atoms with E-state index in [0.29, 0.717) is 12.1 Å². The Morgan fingerprint density at radius 2 is 1.67 bits per heavy atom. The number of rotatable bonds is 6. The summed E-state index contributed by atoms with van der Waals surface area (Å²) in [5, 5.41) is 11.2. The lowest BCUT2D eigenvalue weighted by Gasteiger charge is -2.10. The third kappa shape index (κ3) is 5.34. The molecule has 0 amide bonds. The molecule has 2 aromatic carbocycles. The maximum Gasteiger partial charge on any atom is 0.416 e. The second-order valence-corrected chi connectivity index (χ2v) is 5.65. The number of carbonyl (C=O) groups excluding carboxylic acids is 2. The minimum Gasteiger partial charge on any atom is -0.465 e. The predicted molar refractivity (Wildman–Crippen MR) is 96.6 cm³/mol. The lowest BCUT2D eigenvalue weighted by atomic mass is 10.1. The summed E-state index contributed by atoms with van der Waals surface area (Å²) in [5.41, 5.74) is -2.22. The first-order chi connectivity index (χ1) is 14.1. The summed E-state index contributed by atoms with van der Waals surface area (Å²) in [5.74, 6) is -2.31. The van der Waals surface area contributed by atoms with Crippen LogP contribution in [0.2, 0.25) is 0 Å². The lowest BCUT2D eigenvalue weighted by molar-refractivity contribution is -0.385. The largest absolute Gasteiger partial charge is 0.465 e. The van der Waals surface area contributed by atoms with Crippen molar-refractivity contribution in [2.24, 2.45) is 0 Å². The maximum atomic E-state index is 12.8. The van der Waals surface area contributed by atoms with Gasteiger partial charge in [0, 0.05) is 6.07 Å². The first kappa shape index (κ1) is 22.4. The van der Waals surface area contributed by atoms with Gasteiger partial charge in [0.15, 0.2) is 0 Å². The first-order valence-corrected chi connectivity index (χ1v) is 8.08. The molecule has 0 saturated heterocycles. The third-order valence-electron chi connectivity index (χ3n) is 3.69. The van der Waals surface area contributed by atoms with E-state index in [2.05, 4.69) is 9.47 Å². The number of ether oxygens (including phenoxy) is 3. The van der Waals surface area contributed by atoms with Crippen molar-refractivity contribution in [2.45, 2.75) is 6.18 Å². The number of halogens is 3. The van der Waals surface area contributed by atoms with Crippen molar-refractivity contribution in [3.05, 3.63) is 69.3 Å². The molecule has 0 aromatic heterocycles. The maximum absolute atomic E-state index is 12.8. The molecule has 0 aliphatic rings. The number of hydrogen-bond acceptors (Lipinski definition) is 7. The molecule has 0 atom stereocenters. The number of carbonyl (C=O) groups is 2. The number of nitro groups is 1. The van der Waals surface area contributed by atoms with Crippen LogP contribution < -0.4 is 4.74 Å². The fourth-order valence-corrected chi connectivity index (χ4v) is 2.31. The highest BCUT2D eigenvalue weighted by molar-refractivity contribution is 6.17. The van der Waals surface area contributed by atoms with Crippen LogP contribution in [0.15, 0.2) is 48.0 Å². The van der Waals surface area contributed by atoms with Crippen LogP contribution in [-0.2, 0) is 25.2 Å². The van der Waals surface area contributed by atoms with Crippen LogP contribution in [0.1, 0.15) is 11.1 Å². The Labute approximate surface area is 167 Å². The summed E-state index contributed by atoms with van der Waals surface area (Å²) in [6, 6.07) is 7.48. The van der Waals surface area contributed by atoms with E-state index in [0.717, 1.165) is 26.4 Å². The summed E-state index contributed by atoms with van der Waals surface area (Å²) >= 11 is 0. The van der Waals surface area contributed by atoms with Crippen LogP contribution >= 0.6 is 0 Å². The van der Waals surface area contributed by atoms with E-state index < -0.39 is 45.6 Å². The lowest BCUT2D eigenvalue weighted by Crippen LogP contribution is -2.15. The summed E-state index contributed by atoms with van der Waals surface area (Å²) < 4.78 is 52.8. The minimum absolute atomic E-state index is 0.0145. The van der Waals surface area contributed by atoms with Gasteiger partial charge in [0.2, 0.25) is 5.75 Å². The van der Waals surface area contributed by atoms with Crippen LogP contribution in [-0.4, -0.2) is 31.1 Å². The molecule has 0 spiro atoms. The number of esters is 2. The van der Waals surface area contributed by atoms with Crippen molar-refractivity contribution in [1.29, 1.82) is 0 Å². The molecule has 0 radical (unpaired) electrons. The van der Waals surface area contributed by atoms with Crippen molar-refractivity contribution >= 4 is 23.7 Å². The highest BCUT2D eigenvalue weighted by atomic mass is 19.4. The third-order valence-corrected chi connectivity index (χ3v) is 3.69. The minimum atomic E-state index is -4.76. The molecule has 2 rings (SSSR count). The van der Waals surface area contributed by atoms with E-state index >= 15 is 0 Å². The molecule has 0 saturated carbocycles. The van der Waals surface area contributed by atoms with Gasteiger partial charge in [-0.2, -0.15) is 13.2 Å². The fourth-order valence-electron chi connectivity index (χ4n) is 2.31. The summed E-state index contributed by atoms with van der Waals surface area (Å²) in [7, 11) is 2.14. The molecule has 0 N–H and O–H groups in total. The Bertz CT molecular complexity index is 997. The van der Waals surface area contributed by atoms with Crippen molar-refractivity contribution in [3.63, 3.8) is 0 Å². The molecular weight excluding hydrogens is 411 g/mol. The Morgan fingerprint density at radius 1 is 1.03 bits per heavy atom. The zero-order chi connectivity index (χ0) is 22.5. The highest BCUT2D eigenvalue weighted by Gasteiger charge is 2.33. The van der Waals surface area contributed by atoms with E-state index in [1.807, 2.05) is 0 Å². The zero-order valence-electron chi connectivity index (χ0n) is 15.6. The molecule has 0 heterocycles. The molecule has 0 aliphatic heterocycles. The van der Waals surface area contributed by atoms with Gasteiger partial charge in [0.1, 0.15) is 11.3 Å². The fraction of sp³-hybridized carbons (Fsp3) is 0.158. The second kappa shape index (κ2) is 9.07. The van der Waals surface area contributed by atoms with Gasteiger partial charge in [-0.25, -0.2) is 9.59 Å². The van der Waals surface area contributed by atoms with E-state index in [1.54, 1.807) is 0 Å². The van der Waals surface area contributed by atoms with Gasteiger partial charge in [-0.3, -0.25) is 10.1 Å². The van der Waals surface area contributed by atoms with Crippen LogP contribution in [0, 0.1) is 10.1 Å². The standard InChI is InChI=1S/C19H14F3NO7/c1-28-17(24)14(18(25)29-2)9-11-4-3-5-13(8-11)30-16-7-6-12(19(20,21)22)10-15(16)23(26)27/h3-10H,1-2H3. The normalized spacial score (nSPS) is 10.7. The number of hydrogen-bond donors (Lipinski definition) is 0. The molecule has 0 fully saturated rings. The zero-order valence-corrected chi connectivity index (χ0v) is 15.6. The number of nitro benzene ring substituents is 1. The quantitative estimate of drug-likeness (QED) is 0.171. The highest BCUT2D eigenvalue weighted by Crippen LogP contribution is 2.38. The molecule has 2 aromatic rings. The van der Waals surface area contributed by atoms with Crippen LogP contribution in [0.25, 0.3) is 6.08 Å². The van der Waals surface area contributed by atoms with Gasteiger partial charge >= 0.3 is 23.8 Å². The molecule has 11 heteroatoms. The Morgan fingerprint density at radius 3 is 2.20 bits per heavy atom. The van der Waals surface area contributed by atoms with Gasteiger partial charge in [-0.05, 0) is 35.9 Å². The molecule has 0 aliphatic carbocycles. The summed E-state index contributed by atoms with van der Waals surface area (Å²) in [6.45, 7) is 0. The average Bonchev–Trinajstić information content (AvgIpc) is 2.70. The van der Waals surface area contributed by atoms with E-state index in [9.17, 15) is 32.9 Å². The van der Waals surface area contributed by atoms with Gasteiger partial charge in [-0.15, -0.1) is 0 Å². The van der Waals surface area contributed by atoms with Crippen molar-refractivity contribution < 1.29 is 41.9 Å². The van der Waals surface area contributed by atoms with Crippen molar-refractivity contribution in [2.75, 3.05) is 14.2 Å². The van der Waals surface area contributed by atoms with Gasteiger partial charge in [-0.1, -0.05) is 12.1 Å². The number of benzene rings is 2. The van der Waals surface area contributed by atoms with Crippen LogP contribution in [0.5, 0.6) is 11.5 Å². The Hall–Kier alpha value is -3.89. The van der Waals surface area contributed by atoms with Gasteiger partial charge in [0.25, 0.3) is 0 Å². The van der Waals surface area contributed by atoms with Crippen molar-refractivity contribution in [3.8, 4) is 11.5 Å². The summed E-state index contributed by atoms with van der Waals surface area (Å²) in [6.07, 6.45) is -3.61. The molecule has 0 unspecified atom stereocenters. The first-order valence-electron chi connectivity index (χ1n) is 8.08. The number of methoxy groups -OCH3 is 2. The van der Waals surface area contributed by atoms with Gasteiger partial charge in [0.05, 0.1) is 24.7 Å².